The second-order valence-electron chi connectivity index (χ2n) is 5.37. The van der Waals surface area contributed by atoms with E-state index in [-0.39, 0.29) is 30.2 Å². The first-order valence-electron chi connectivity index (χ1n) is 7.43. The van der Waals surface area contributed by atoms with Gasteiger partial charge in [0, 0.05) is 0 Å². The van der Waals surface area contributed by atoms with Gasteiger partial charge in [0.2, 0.25) is 5.91 Å². The number of carbonyl (C=O) groups excluding carboxylic acids is 2. The van der Waals surface area contributed by atoms with Gasteiger partial charge in [-0.05, 0) is 42.5 Å². The van der Waals surface area contributed by atoms with Gasteiger partial charge in [-0.1, -0.05) is 24.3 Å². The van der Waals surface area contributed by atoms with Crippen LogP contribution in [-0.2, 0) is 11.2 Å². The van der Waals surface area contributed by atoms with Crippen LogP contribution in [0.5, 0.6) is 0 Å². The largest absolute Gasteiger partial charge is 0.459 e. The summed E-state index contributed by atoms with van der Waals surface area (Å²) in [7, 11) is 0. The molecule has 0 aliphatic heterocycles. The molecule has 5 nitrogen and oxygen atoms in total. The Morgan fingerprint density at radius 3 is 2.86 bits per heavy atom. The van der Waals surface area contributed by atoms with Crippen molar-refractivity contribution in [3.63, 3.8) is 0 Å². The lowest BCUT2D eigenvalue weighted by molar-refractivity contribution is -0.121. The molecule has 1 aliphatic carbocycles. The molecule has 1 unspecified atom stereocenters. The van der Waals surface area contributed by atoms with E-state index >= 15 is 0 Å². The number of hydrogen-bond donors (Lipinski definition) is 2. The van der Waals surface area contributed by atoms with Gasteiger partial charge < -0.3 is 15.1 Å². The van der Waals surface area contributed by atoms with E-state index in [4.69, 9.17) is 4.42 Å². The van der Waals surface area contributed by atoms with Gasteiger partial charge >= 0.3 is 0 Å². The maximum atomic E-state index is 12.0. The molecule has 1 aliphatic rings. The highest BCUT2D eigenvalue weighted by atomic mass is 16.3. The first-order chi connectivity index (χ1) is 10.7. The van der Waals surface area contributed by atoms with Crippen molar-refractivity contribution in [3.05, 3.63) is 59.5 Å². The van der Waals surface area contributed by atoms with Crippen LogP contribution >= 0.6 is 0 Å². The van der Waals surface area contributed by atoms with Crippen LogP contribution in [0, 0.1) is 0 Å². The standard InChI is InChI=1S/C17H18N2O3/c20-16(11-18-17(21)15-9-4-10-22-15)19-14-8-3-6-12-5-1-2-7-13(12)14/h1-2,4-5,7,9-10,14H,3,6,8,11H2,(H,18,21)(H,19,20). The molecule has 1 aromatic heterocycles. The molecular weight excluding hydrogens is 280 g/mol. The topological polar surface area (TPSA) is 71.3 Å². The third-order valence-electron chi connectivity index (χ3n) is 3.86. The summed E-state index contributed by atoms with van der Waals surface area (Å²) in [6.07, 6.45) is 4.46. The highest BCUT2D eigenvalue weighted by Gasteiger charge is 2.21. The van der Waals surface area contributed by atoms with E-state index in [1.165, 1.54) is 17.4 Å². The molecule has 0 radical (unpaired) electrons. The first kappa shape index (κ1) is 14.4. The zero-order chi connectivity index (χ0) is 15.4. The lowest BCUT2D eigenvalue weighted by Crippen LogP contribution is -2.39. The Bertz CT molecular complexity index is 664. The van der Waals surface area contributed by atoms with Gasteiger partial charge in [-0.15, -0.1) is 0 Å². The van der Waals surface area contributed by atoms with Crippen LogP contribution in [0.25, 0.3) is 0 Å². The fourth-order valence-electron chi connectivity index (χ4n) is 2.80. The molecule has 2 N–H and O–H groups in total. The third kappa shape index (κ3) is 3.19. The van der Waals surface area contributed by atoms with Crippen molar-refractivity contribution in [2.75, 3.05) is 6.54 Å². The maximum Gasteiger partial charge on any atom is 0.287 e. The van der Waals surface area contributed by atoms with Crippen molar-refractivity contribution in [1.29, 1.82) is 0 Å². The molecule has 3 rings (SSSR count). The van der Waals surface area contributed by atoms with E-state index in [1.807, 2.05) is 12.1 Å². The average molecular weight is 298 g/mol. The number of benzene rings is 1. The highest BCUT2D eigenvalue weighted by Crippen LogP contribution is 2.29. The fraction of sp³-hybridized carbons (Fsp3) is 0.294. The van der Waals surface area contributed by atoms with Crippen LogP contribution < -0.4 is 10.6 Å². The molecule has 114 valence electrons. The molecule has 0 saturated heterocycles. The molecule has 1 atom stereocenters. The number of amides is 2. The molecule has 22 heavy (non-hydrogen) atoms. The number of furan rings is 1. The number of fused-ring (bicyclic) bond motifs is 1. The molecule has 0 bridgehead atoms. The van der Waals surface area contributed by atoms with Gasteiger partial charge in [-0.2, -0.15) is 0 Å². The summed E-state index contributed by atoms with van der Waals surface area (Å²) in [6.45, 7) is -0.0573. The predicted molar refractivity (Wildman–Crippen MR) is 81.3 cm³/mol. The minimum absolute atomic E-state index is 0.0259. The summed E-state index contributed by atoms with van der Waals surface area (Å²) < 4.78 is 4.98. The van der Waals surface area contributed by atoms with E-state index in [0.717, 1.165) is 19.3 Å². The molecule has 2 aromatic rings. The summed E-state index contributed by atoms with van der Waals surface area (Å²) in [6, 6.07) is 11.4. The number of hydrogen-bond acceptors (Lipinski definition) is 3. The van der Waals surface area contributed by atoms with E-state index < -0.39 is 0 Å². The number of nitrogens with one attached hydrogen (secondary N) is 2. The van der Waals surface area contributed by atoms with Crippen molar-refractivity contribution in [1.82, 2.24) is 10.6 Å². The normalized spacial score (nSPS) is 16.6. The minimum Gasteiger partial charge on any atom is -0.459 e. The fourth-order valence-corrected chi connectivity index (χ4v) is 2.80. The van der Waals surface area contributed by atoms with Crippen LogP contribution in [0.15, 0.2) is 47.1 Å². The Morgan fingerprint density at radius 1 is 1.18 bits per heavy atom. The Balaban J connectivity index is 1.55. The van der Waals surface area contributed by atoms with Gasteiger partial charge in [0.15, 0.2) is 5.76 Å². The molecule has 0 fully saturated rings. The summed E-state index contributed by atoms with van der Waals surface area (Å²) in [5.41, 5.74) is 2.47. The molecule has 5 heteroatoms. The second kappa shape index (κ2) is 6.47. The zero-order valence-electron chi connectivity index (χ0n) is 12.2. The van der Waals surface area contributed by atoms with Gasteiger partial charge in [0.05, 0.1) is 18.8 Å². The van der Waals surface area contributed by atoms with Crippen LogP contribution in [-0.4, -0.2) is 18.4 Å². The number of rotatable bonds is 4. The minimum atomic E-state index is -0.385. The summed E-state index contributed by atoms with van der Waals surface area (Å²) in [5.74, 6) is -0.374. The van der Waals surface area contributed by atoms with Gasteiger partial charge in [0.25, 0.3) is 5.91 Å². The Kier molecular flexibility index (Phi) is 4.23. The first-order valence-corrected chi connectivity index (χ1v) is 7.43. The molecular formula is C17H18N2O3. The van der Waals surface area contributed by atoms with Crippen LogP contribution in [0.1, 0.15) is 40.6 Å². The van der Waals surface area contributed by atoms with E-state index in [1.54, 1.807) is 12.1 Å². The smallest absolute Gasteiger partial charge is 0.287 e. The number of aryl methyl sites for hydroxylation is 1. The molecule has 1 heterocycles. The summed E-state index contributed by atoms with van der Waals surface area (Å²) >= 11 is 0. The van der Waals surface area contributed by atoms with Crippen molar-refractivity contribution in [2.24, 2.45) is 0 Å². The molecule has 0 spiro atoms. The highest BCUT2D eigenvalue weighted by molar-refractivity contribution is 5.94. The Morgan fingerprint density at radius 2 is 2.05 bits per heavy atom. The van der Waals surface area contributed by atoms with Crippen molar-refractivity contribution in [3.8, 4) is 0 Å². The van der Waals surface area contributed by atoms with Crippen molar-refractivity contribution >= 4 is 11.8 Å². The Labute approximate surface area is 128 Å². The van der Waals surface area contributed by atoms with Crippen molar-refractivity contribution < 1.29 is 14.0 Å². The van der Waals surface area contributed by atoms with E-state index in [2.05, 4.69) is 22.8 Å². The van der Waals surface area contributed by atoms with Gasteiger partial charge in [0.1, 0.15) is 0 Å². The predicted octanol–water partition coefficient (Wildman–Crippen LogP) is 2.20. The molecule has 2 amide bonds. The van der Waals surface area contributed by atoms with E-state index in [9.17, 15) is 9.59 Å². The van der Waals surface area contributed by atoms with Crippen LogP contribution in [0.2, 0.25) is 0 Å². The molecule has 1 aromatic carbocycles. The Hall–Kier alpha value is -2.56. The quantitative estimate of drug-likeness (QED) is 0.909. The molecule has 0 saturated carbocycles. The lowest BCUT2D eigenvalue weighted by Gasteiger charge is -2.26. The lowest BCUT2D eigenvalue weighted by atomic mass is 9.88. The third-order valence-corrected chi connectivity index (χ3v) is 3.86. The maximum absolute atomic E-state index is 12.0. The summed E-state index contributed by atoms with van der Waals surface area (Å²) in [5, 5.41) is 5.55. The van der Waals surface area contributed by atoms with Crippen LogP contribution in [0.4, 0.5) is 0 Å². The number of carbonyl (C=O) groups is 2. The van der Waals surface area contributed by atoms with Gasteiger partial charge in [-0.3, -0.25) is 9.59 Å². The monoisotopic (exact) mass is 298 g/mol. The zero-order valence-corrected chi connectivity index (χ0v) is 12.2. The second-order valence-corrected chi connectivity index (χ2v) is 5.37. The van der Waals surface area contributed by atoms with E-state index in [0.29, 0.717) is 0 Å². The van der Waals surface area contributed by atoms with Gasteiger partial charge in [-0.25, -0.2) is 0 Å². The SMILES string of the molecule is O=C(CNC(=O)c1ccco1)NC1CCCc2ccccc21. The van der Waals surface area contributed by atoms with Crippen LogP contribution in [0.3, 0.4) is 0 Å². The van der Waals surface area contributed by atoms with Crippen molar-refractivity contribution in [2.45, 2.75) is 25.3 Å². The summed E-state index contributed by atoms with van der Waals surface area (Å²) in [4.78, 5) is 23.8. The average Bonchev–Trinajstić information content (AvgIpc) is 3.07.